The van der Waals surface area contributed by atoms with Crippen LogP contribution in [0.3, 0.4) is 0 Å². The molecule has 19 heavy (non-hydrogen) atoms. The van der Waals surface area contributed by atoms with Crippen molar-refractivity contribution in [1.82, 2.24) is 0 Å². The summed E-state index contributed by atoms with van der Waals surface area (Å²) in [6, 6.07) is 0. The third-order valence-electron chi connectivity index (χ3n) is 0. The van der Waals surface area contributed by atoms with E-state index in [0.29, 0.717) is 0 Å². The normalized spacial score (nSPS) is 3.79. The van der Waals surface area contributed by atoms with Gasteiger partial charge in [-0.1, -0.05) is 0 Å². The first-order chi connectivity index (χ1) is 5.20. The van der Waals surface area contributed by atoms with E-state index in [2.05, 4.69) is 0 Å². The molecule has 0 saturated heterocycles. The van der Waals surface area contributed by atoms with Crippen LogP contribution in [0.15, 0.2) is 0 Å². The summed E-state index contributed by atoms with van der Waals surface area (Å²) in [4.78, 5) is 24.8. The van der Waals surface area contributed by atoms with Gasteiger partial charge in [-0.25, -0.2) is 0 Å². The summed E-state index contributed by atoms with van der Waals surface area (Å²) >= 11 is 0. The quantitative estimate of drug-likeness (QED) is 0.271. The van der Waals surface area contributed by atoms with Gasteiger partial charge in [-0.3, -0.25) is 0 Å². The van der Waals surface area contributed by atoms with Crippen molar-refractivity contribution >= 4 is 25.8 Å². The van der Waals surface area contributed by atoms with Crippen LogP contribution in [-0.4, -0.2) is 74.0 Å². The second kappa shape index (κ2) is 72.0. The molecule has 0 spiro atoms. The Morgan fingerprint density at radius 3 is 0.421 bits per heavy atom. The molecule has 0 amide bonds. The topological polar surface area (TPSA) is 388 Å². The molecule has 0 unspecified atom stereocenters. The Hall–Kier alpha value is -1.77. The Balaban J connectivity index is -0.00000000675. The molecule has 19 heteroatoms. The van der Waals surface area contributed by atoms with E-state index in [-0.39, 0.29) is 58.7 Å². The number of nitrogens with zero attached hydrogens (tertiary/aromatic N) is 3. The summed E-state index contributed by atoms with van der Waals surface area (Å²) in [7, 11) is 0. The molecular formula is H12InN3O15. The van der Waals surface area contributed by atoms with Crippen LogP contribution in [0.2, 0.25) is 0 Å². The molecule has 0 aliphatic heterocycles. The third-order valence-corrected chi connectivity index (χ3v) is 0. The van der Waals surface area contributed by atoms with Crippen molar-refractivity contribution < 1.29 is 48.1 Å². The van der Waals surface area contributed by atoms with Crippen molar-refractivity contribution in [1.29, 1.82) is 0 Å². The molecule has 0 radical (unpaired) electrons. The predicted octanol–water partition coefficient (Wildman–Crippen LogP) is -6.05. The molecule has 0 bridgehead atoms. The van der Waals surface area contributed by atoms with E-state index in [1.54, 1.807) is 0 Å². The van der Waals surface area contributed by atoms with Gasteiger partial charge in [0.1, 0.15) is 0 Å². The number of rotatable bonds is 0. The van der Waals surface area contributed by atoms with Crippen LogP contribution in [0.4, 0.5) is 0 Å². The zero-order valence-electron chi connectivity index (χ0n) is 8.59. The van der Waals surface area contributed by atoms with E-state index in [9.17, 15) is 0 Å². The molecule has 0 aromatic heterocycles. The molecule has 0 fully saturated rings. The van der Waals surface area contributed by atoms with Gasteiger partial charge in [-0.2, -0.15) is 0 Å². The zero-order valence-corrected chi connectivity index (χ0v) is 11.9. The minimum absolute atomic E-state index is 0. The van der Waals surface area contributed by atoms with E-state index >= 15 is 0 Å². The fraction of sp³-hybridized carbons (Fsp3) is 0. The summed E-state index contributed by atoms with van der Waals surface area (Å²) < 4.78 is 0. The van der Waals surface area contributed by atoms with Crippen LogP contribution >= 0.6 is 0 Å². The van der Waals surface area contributed by atoms with Crippen LogP contribution in [0.25, 0.3) is 0 Å². The van der Waals surface area contributed by atoms with Gasteiger partial charge in [-0.05, 0) is 0 Å². The van der Waals surface area contributed by atoms with Crippen LogP contribution in [-0.2, 0) is 0 Å². The first-order valence-electron chi connectivity index (χ1n) is 1.64. The van der Waals surface area contributed by atoms with Crippen LogP contribution in [0.5, 0.6) is 0 Å². The van der Waals surface area contributed by atoms with Gasteiger partial charge in [0.15, 0.2) is 0 Å². The monoisotopic (exact) mass is 409 g/mol. The summed E-state index contributed by atoms with van der Waals surface area (Å²) in [5.74, 6) is 0. The maximum atomic E-state index is 8.25. The Morgan fingerprint density at radius 1 is 0.421 bits per heavy atom. The van der Waals surface area contributed by atoms with Crippen molar-refractivity contribution in [2.75, 3.05) is 0 Å². The molecular weight excluding hydrogens is 397 g/mol. The Bertz CT molecular complexity index is 115. The van der Waals surface area contributed by atoms with Crippen molar-refractivity contribution in [2.45, 2.75) is 0 Å². The molecule has 0 heterocycles. The molecule has 0 rings (SSSR count). The van der Waals surface area contributed by atoms with Gasteiger partial charge in [0.25, 0.3) is 0 Å². The zero-order chi connectivity index (χ0) is 10.7. The maximum Gasteiger partial charge on any atom is 3.00 e. The fourth-order valence-electron chi connectivity index (χ4n) is 0. The SMILES string of the molecule is O.O.O.O.O.O.O=[N+]([O-])[O-].O=[N+]([O-])[O-].O=[N+]([O-])[O-].[In+3]. The van der Waals surface area contributed by atoms with Crippen LogP contribution in [0.1, 0.15) is 0 Å². The van der Waals surface area contributed by atoms with Gasteiger partial charge in [0.2, 0.25) is 0 Å². The van der Waals surface area contributed by atoms with Gasteiger partial charge >= 0.3 is 25.8 Å². The van der Waals surface area contributed by atoms with Gasteiger partial charge in [-0.15, -0.1) is 0 Å². The van der Waals surface area contributed by atoms with E-state index in [4.69, 9.17) is 46.0 Å². The largest absolute Gasteiger partial charge is 3.00 e. The van der Waals surface area contributed by atoms with Crippen LogP contribution in [0, 0.1) is 46.0 Å². The molecule has 120 valence electrons. The van der Waals surface area contributed by atoms with E-state index in [0.717, 1.165) is 0 Å². The van der Waals surface area contributed by atoms with Crippen molar-refractivity contribution in [3.63, 3.8) is 0 Å². The van der Waals surface area contributed by atoms with E-state index in [1.807, 2.05) is 0 Å². The molecule has 0 aliphatic carbocycles. The second-order valence-electron chi connectivity index (χ2n) is 0.671. The first-order valence-corrected chi connectivity index (χ1v) is 1.64. The summed E-state index contributed by atoms with van der Waals surface area (Å²) in [5.41, 5.74) is 0. The molecule has 0 aromatic carbocycles. The Kier molecular flexibility index (Phi) is 329. The molecule has 0 atom stereocenters. The van der Waals surface area contributed by atoms with Gasteiger partial charge in [0, 0.05) is 0 Å². The maximum absolute atomic E-state index is 8.25. The van der Waals surface area contributed by atoms with Crippen molar-refractivity contribution in [2.24, 2.45) is 0 Å². The van der Waals surface area contributed by atoms with Crippen molar-refractivity contribution in [3.05, 3.63) is 46.0 Å². The Morgan fingerprint density at radius 2 is 0.421 bits per heavy atom. The minimum atomic E-state index is -1.75. The second-order valence-corrected chi connectivity index (χ2v) is 0.671. The summed E-state index contributed by atoms with van der Waals surface area (Å²) in [6.07, 6.45) is 0. The van der Waals surface area contributed by atoms with Crippen molar-refractivity contribution in [3.8, 4) is 0 Å². The molecule has 0 aromatic rings. The summed E-state index contributed by atoms with van der Waals surface area (Å²) in [5, 5.41) is 44.2. The summed E-state index contributed by atoms with van der Waals surface area (Å²) in [6.45, 7) is 0. The first kappa shape index (κ1) is 86.8. The minimum Gasteiger partial charge on any atom is -0.412 e. The van der Waals surface area contributed by atoms with Crippen LogP contribution < -0.4 is 0 Å². The molecule has 0 saturated carbocycles. The third kappa shape index (κ3) is 1050. The average molecular weight is 409 g/mol. The van der Waals surface area contributed by atoms with E-state index < -0.39 is 15.3 Å². The number of hydrogen-bond donors (Lipinski definition) is 0. The van der Waals surface area contributed by atoms with Gasteiger partial charge < -0.3 is 78.8 Å². The number of hydrogen-bond acceptors (Lipinski definition) is 9. The molecule has 0 aliphatic rings. The standard InChI is InChI=1S/In.3NO3.6H2O/c;3*2-1(3)4;;;;;;/h;;;;6*1H2/q+3;3*-1;;;;;;. The van der Waals surface area contributed by atoms with E-state index in [1.165, 1.54) is 0 Å². The molecule has 18 nitrogen and oxygen atoms in total. The Labute approximate surface area is 120 Å². The molecule has 12 N–H and O–H groups in total. The fourth-order valence-corrected chi connectivity index (χ4v) is 0. The predicted molar refractivity (Wildman–Crippen MR) is 58.5 cm³/mol. The smallest absolute Gasteiger partial charge is 0.412 e. The average Bonchev–Trinajstić information content (AvgIpc) is 1.54. The van der Waals surface area contributed by atoms with Gasteiger partial charge in [0.05, 0.1) is 15.3 Å².